The smallest absolute Gasteiger partial charge is 0.251 e. The first kappa shape index (κ1) is 19.6. The first-order valence-electron chi connectivity index (χ1n) is 9.84. The molecule has 1 N–H and O–H groups in total. The zero-order chi connectivity index (χ0) is 19.2. The minimum absolute atomic E-state index is 0.00866. The van der Waals surface area contributed by atoms with Crippen LogP contribution in [0, 0.1) is 13.8 Å². The van der Waals surface area contributed by atoms with Crippen molar-refractivity contribution >= 4 is 5.91 Å². The predicted octanol–water partition coefficient (Wildman–Crippen LogP) is 4.02. The Bertz CT molecular complexity index is 782. The first-order chi connectivity index (χ1) is 13.1. The fraction of sp³-hybridized carbons (Fsp3) is 0.435. The van der Waals surface area contributed by atoms with Crippen LogP contribution in [0.3, 0.4) is 0 Å². The van der Waals surface area contributed by atoms with Crippen molar-refractivity contribution in [3.05, 3.63) is 70.3 Å². The molecule has 4 nitrogen and oxygen atoms in total. The Labute approximate surface area is 162 Å². The molecule has 0 aromatic heterocycles. The molecule has 1 fully saturated rings. The third-order valence-corrected chi connectivity index (χ3v) is 5.21. The topological polar surface area (TPSA) is 41.6 Å². The van der Waals surface area contributed by atoms with E-state index in [2.05, 4.69) is 55.3 Å². The van der Waals surface area contributed by atoms with E-state index in [9.17, 15) is 4.79 Å². The summed E-state index contributed by atoms with van der Waals surface area (Å²) < 4.78 is 5.41. The average molecular weight is 367 g/mol. The molecule has 1 aliphatic heterocycles. The van der Waals surface area contributed by atoms with E-state index >= 15 is 0 Å². The van der Waals surface area contributed by atoms with Crippen molar-refractivity contribution < 1.29 is 9.53 Å². The zero-order valence-electron chi connectivity index (χ0n) is 16.6. The molecule has 0 radical (unpaired) electrons. The van der Waals surface area contributed by atoms with Crippen molar-refractivity contribution in [2.45, 2.75) is 39.8 Å². The van der Waals surface area contributed by atoms with Gasteiger partial charge in [-0.05, 0) is 49.1 Å². The van der Waals surface area contributed by atoms with Gasteiger partial charge in [0.15, 0.2) is 0 Å². The maximum Gasteiger partial charge on any atom is 0.251 e. The van der Waals surface area contributed by atoms with Gasteiger partial charge in [-0.25, -0.2) is 0 Å². The molecule has 0 bridgehead atoms. The molecule has 1 atom stereocenters. The van der Waals surface area contributed by atoms with E-state index in [1.165, 1.54) is 22.3 Å². The van der Waals surface area contributed by atoms with E-state index in [0.717, 1.165) is 44.8 Å². The van der Waals surface area contributed by atoms with Gasteiger partial charge in [0.2, 0.25) is 0 Å². The summed E-state index contributed by atoms with van der Waals surface area (Å²) in [7, 11) is 0. The SMILES string of the molecule is CC[C@@H](NC(=O)c1cccc(CN2CCOCC2)c1)c1ccc(C)cc1C. The molecule has 3 rings (SSSR count). The highest BCUT2D eigenvalue weighted by Crippen LogP contribution is 2.22. The molecule has 2 aromatic rings. The average Bonchev–Trinajstić information content (AvgIpc) is 2.67. The van der Waals surface area contributed by atoms with Gasteiger partial charge in [0, 0.05) is 25.2 Å². The van der Waals surface area contributed by atoms with Gasteiger partial charge in [0.05, 0.1) is 19.3 Å². The molecule has 0 spiro atoms. The monoisotopic (exact) mass is 366 g/mol. The minimum Gasteiger partial charge on any atom is -0.379 e. The Morgan fingerprint density at radius 2 is 1.93 bits per heavy atom. The van der Waals surface area contributed by atoms with Crippen LogP contribution in [0.15, 0.2) is 42.5 Å². The first-order valence-corrected chi connectivity index (χ1v) is 9.84. The second-order valence-electron chi connectivity index (χ2n) is 7.38. The number of morpholine rings is 1. The standard InChI is InChI=1S/C23H30N2O2/c1-4-22(21-9-8-17(2)14-18(21)3)24-23(26)20-7-5-6-19(15-20)16-25-10-12-27-13-11-25/h5-9,14-15,22H,4,10-13,16H2,1-3H3,(H,24,26)/t22-/m1/s1. The number of carbonyl (C=O) groups excluding carboxylic acids is 1. The quantitative estimate of drug-likeness (QED) is 0.840. The number of aryl methyl sites for hydroxylation is 2. The predicted molar refractivity (Wildman–Crippen MR) is 109 cm³/mol. The van der Waals surface area contributed by atoms with Gasteiger partial charge >= 0.3 is 0 Å². The van der Waals surface area contributed by atoms with Crippen molar-refractivity contribution in [1.82, 2.24) is 10.2 Å². The largest absolute Gasteiger partial charge is 0.379 e. The zero-order valence-corrected chi connectivity index (χ0v) is 16.6. The molecular weight excluding hydrogens is 336 g/mol. The lowest BCUT2D eigenvalue weighted by Gasteiger charge is -2.26. The Balaban J connectivity index is 1.70. The summed E-state index contributed by atoms with van der Waals surface area (Å²) >= 11 is 0. The molecule has 144 valence electrons. The van der Waals surface area contributed by atoms with E-state index in [-0.39, 0.29) is 11.9 Å². The van der Waals surface area contributed by atoms with Crippen molar-refractivity contribution in [1.29, 1.82) is 0 Å². The number of carbonyl (C=O) groups is 1. The number of hydrogen-bond acceptors (Lipinski definition) is 3. The van der Waals surface area contributed by atoms with Crippen LogP contribution >= 0.6 is 0 Å². The van der Waals surface area contributed by atoms with Crippen LogP contribution < -0.4 is 5.32 Å². The summed E-state index contributed by atoms with van der Waals surface area (Å²) in [6, 6.07) is 14.4. The van der Waals surface area contributed by atoms with Crippen molar-refractivity contribution in [3.8, 4) is 0 Å². The number of ether oxygens (including phenoxy) is 1. The van der Waals surface area contributed by atoms with Crippen LogP contribution in [0.2, 0.25) is 0 Å². The summed E-state index contributed by atoms with van der Waals surface area (Å²) in [5.41, 5.74) is 5.56. The van der Waals surface area contributed by atoms with E-state index in [1.54, 1.807) is 0 Å². The van der Waals surface area contributed by atoms with Gasteiger partial charge in [0.1, 0.15) is 0 Å². The highest BCUT2D eigenvalue weighted by molar-refractivity contribution is 5.94. The van der Waals surface area contributed by atoms with Crippen LogP contribution in [0.4, 0.5) is 0 Å². The Hall–Kier alpha value is -2.17. The summed E-state index contributed by atoms with van der Waals surface area (Å²) in [4.78, 5) is 15.2. The molecular formula is C23H30N2O2. The maximum absolute atomic E-state index is 12.9. The number of hydrogen-bond donors (Lipinski definition) is 1. The van der Waals surface area contributed by atoms with Gasteiger partial charge in [-0.1, -0.05) is 42.8 Å². The number of amides is 1. The minimum atomic E-state index is -0.00866. The summed E-state index contributed by atoms with van der Waals surface area (Å²) in [6.07, 6.45) is 0.864. The molecule has 1 aliphatic rings. The third kappa shape index (κ3) is 5.18. The Morgan fingerprint density at radius 1 is 1.15 bits per heavy atom. The van der Waals surface area contributed by atoms with Crippen LogP contribution in [-0.4, -0.2) is 37.1 Å². The fourth-order valence-corrected chi connectivity index (χ4v) is 3.69. The molecule has 1 amide bonds. The number of nitrogens with zero attached hydrogens (tertiary/aromatic N) is 1. The molecule has 0 unspecified atom stereocenters. The molecule has 1 saturated heterocycles. The second-order valence-corrected chi connectivity index (χ2v) is 7.38. The summed E-state index contributed by atoms with van der Waals surface area (Å²) in [5, 5.41) is 3.22. The molecule has 2 aromatic carbocycles. The van der Waals surface area contributed by atoms with E-state index in [1.807, 2.05) is 18.2 Å². The summed E-state index contributed by atoms with van der Waals surface area (Å²) in [5.74, 6) is -0.00866. The fourth-order valence-electron chi connectivity index (χ4n) is 3.69. The maximum atomic E-state index is 12.9. The number of benzene rings is 2. The van der Waals surface area contributed by atoms with Crippen LogP contribution in [0.5, 0.6) is 0 Å². The van der Waals surface area contributed by atoms with Gasteiger partial charge < -0.3 is 10.1 Å². The molecule has 0 saturated carbocycles. The third-order valence-electron chi connectivity index (χ3n) is 5.21. The summed E-state index contributed by atoms with van der Waals surface area (Å²) in [6.45, 7) is 10.6. The lowest BCUT2D eigenvalue weighted by Crippen LogP contribution is -2.35. The molecule has 0 aliphatic carbocycles. The molecule has 1 heterocycles. The molecule has 4 heteroatoms. The van der Waals surface area contributed by atoms with Crippen molar-refractivity contribution in [2.75, 3.05) is 26.3 Å². The Morgan fingerprint density at radius 3 is 2.63 bits per heavy atom. The van der Waals surface area contributed by atoms with Gasteiger partial charge in [-0.3, -0.25) is 9.69 Å². The Kier molecular flexibility index (Phi) is 6.64. The second kappa shape index (κ2) is 9.16. The number of nitrogens with one attached hydrogen (secondary N) is 1. The van der Waals surface area contributed by atoms with Gasteiger partial charge in [-0.2, -0.15) is 0 Å². The van der Waals surface area contributed by atoms with Crippen LogP contribution in [-0.2, 0) is 11.3 Å². The van der Waals surface area contributed by atoms with Crippen molar-refractivity contribution in [3.63, 3.8) is 0 Å². The van der Waals surface area contributed by atoms with Crippen molar-refractivity contribution in [2.24, 2.45) is 0 Å². The van der Waals surface area contributed by atoms with E-state index in [4.69, 9.17) is 4.74 Å². The van der Waals surface area contributed by atoms with Crippen LogP contribution in [0.1, 0.15) is 52.0 Å². The van der Waals surface area contributed by atoms with Gasteiger partial charge in [-0.15, -0.1) is 0 Å². The highest BCUT2D eigenvalue weighted by Gasteiger charge is 2.17. The normalized spacial score (nSPS) is 16.1. The van der Waals surface area contributed by atoms with E-state index in [0.29, 0.717) is 0 Å². The lowest BCUT2D eigenvalue weighted by molar-refractivity contribution is 0.0342. The van der Waals surface area contributed by atoms with Crippen LogP contribution in [0.25, 0.3) is 0 Å². The number of rotatable bonds is 6. The van der Waals surface area contributed by atoms with Gasteiger partial charge in [0.25, 0.3) is 5.91 Å². The highest BCUT2D eigenvalue weighted by atomic mass is 16.5. The van der Waals surface area contributed by atoms with E-state index < -0.39 is 0 Å². The lowest BCUT2D eigenvalue weighted by atomic mass is 9.97. The molecule has 27 heavy (non-hydrogen) atoms.